The van der Waals surface area contributed by atoms with Gasteiger partial charge in [-0.15, -0.1) is 0 Å². The van der Waals surface area contributed by atoms with Crippen molar-refractivity contribution in [1.29, 1.82) is 0 Å². The zero-order chi connectivity index (χ0) is 24.2. The molecule has 3 aromatic carbocycles. The fourth-order valence-electron chi connectivity index (χ4n) is 4.06. The number of aromatic hydroxyl groups is 1. The number of benzene rings is 3. The Morgan fingerprint density at radius 3 is 2.26 bits per heavy atom. The largest absolute Gasteiger partial charge is 0.494 e. The van der Waals surface area contributed by atoms with Crippen LogP contribution in [-0.2, 0) is 0 Å². The van der Waals surface area contributed by atoms with Crippen molar-refractivity contribution in [2.75, 3.05) is 13.2 Å². The lowest BCUT2D eigenvalue weighted by atomic mass is 10.0. The highest BCUT2D eigenvalue weighted by Gasteiger charge is 2.14. The predicted molar refractivity (Wildman–Crippen MR) is 136 cm³/mol. The number of rotatable bonds is 8. The van der Waals surface area contributed by atoms with E-state index in [9.17, 15) is 9.90 Å². The lowest BCUT2D eigenvalue weighted by Crippen LogP contribution is -2.15. The number of para-hydroxylation sites is 1. The minimum absolute atomic E-state index is 0.159. The number of aromatic nitrogens is 3. The number of pyridine rings is 1. The fourth-order valence-corrected chi connectivity index (χ4v) is 4.06. The molecule has 176 valence electrons. The third-order valence-electron chi connectivity index (χ3n) is 5.88. The van der Waals surface area contributed by atoms with Gasteiger partial charge in [-0.2, -0.15) is 0 Å². The molecule has 5 aromatic rings. The molecule has 35 heavy (non-hydrogen) atoms. The lowest BCUT2D eigenvalue weighted by molar-refractivity contribution is 0.253. The number of aliphatic hydroxyl groups excluding tert-OH is 1. The van der Waals surface area contributed by atoms with E-state index in [0.717, 1.165) is 46.2 Å². The van der Waals surface area contributed by atoms with E-state index in [2.05, 4.69) is 4.98 Å². The van der Waals surface area contributed by atoms with Gasteiger partial charge in [0, 0.05) is 17.6 Å². The number of fused-ring (bicyclic) bond motifs is 1. The first-order valence-electron chi connectivity index (χ1n) is 11.5. The first-order valence-corrected chi connectivity index (χ1v) is 11.5. The molecule has 0 aliphatic carbocycles. The van der Waals surface area contributed by atoms with Gasteiger partial charge in [-0.25, -0.2) is 14.3 Å². The minimum Gasteiger partial charge on any atom is -0.494 e. The number of H-pyrrole nitrogens is 1. The summed E-state index contributed by atoms with van der Waals surface area (Å²) in [4.78, 5) is 19.7. The molecule has 0 aliphatic rings. The first-order chi connectivity index (χ1) is 17.1. The molecule has 0 spiro atoms. The van der Waals surface area contributed by atoms with Crippen molar-refractivity contribution in [3.8, 4) is 39.7 Å². The van der Waals surface area contributed by atoms with Crippen LogP contribution in [0, 0.1) is 0 Å². The molecular formula is C28H25N3O4. The predicted octanol–water partition coefficient (Wildman–Crippen LogP) is 4.90. The number of nitrogens with zero attached hydrogens (tertiary/aromatic N) is 2. The number of aromatic amines is 1. The van der Waals surface area contributed by atoms with E-state index in [4.69, 9.17) is 14.8 Å². The summed E-state index contributed by atoms with van der Waals surface area (Å²) in [5.74, 6) is 0.646. The number of aliphatic hydroxyl groups is 1. The van der Waals surface area contributed by atoms with Crippen LogP contribution in [0.4, 0.5) is 0 Å². The molecule has 0 unspecified atom stereocenters. The number of imidazole rings is 1. The maximum Gasteiger partial charge on any atom is 0.333 e. The van der Waals surface area contributed by atoms with Crippen molar-refractivity contribution in [3.05, 3.63) is 95.5 Å². The number of hydrogen-bond donors (Lipinski definition) is 3. The van der Waals surface area contributed by atoms with Crippen LogP contribution >= 0.6 is 0 Å². The van der Waals surface area contributed by atoms with E-state index in [0.29, 0.717) is 18.0 Å². The lowest BCUT2D eigenvalue weighted by Gasteiger charge is -2.11. The van der Waals surface area contributed by atoms with Crippen molar-refractivity contribution >= 4 is 10.9 Å². The maximum absolute atomic E-state index is 12.4. The molecule has 5 rings (SSSR count). The summed E-state index contributed by atoms with van der Waals surface area (Å²) >= 11 is 0. The van der Waals surface area contributed by atoms with Gasteiger partial charge in [-0.1, -0.05) is 54.6 Å². The van der Waals surface area contributed by atoms with Crippen LogP contribution in [0.1, 0.15) is 12.8 Å². The minimum atomic E-state index is -0.416. The van der Waals surface area contributed by atoms with E-state index in [1.807, 2.05) is 78.9 Å². The van der Waals surface area contributed by atoms with Crippen LogP contribution in [0.15, 0.2) is 89.9 Å². The van der Waals surface area contributed by atoms with Crippen molar-refractivity contribution < 1.29 is 14.9 Å². The standard InChI is InChI=1S/C28H25N3O4/c32-15-3-4-16-35-22-13-11-20(12-14-22)19-7-9-21(10-8-19)25-17-26(31-27(33)18-29-28(31)34)23-5-1-2-6-24(23)30-25/h1-2,5-14,17-18,32-33H,3-4,15-16H2,(H,29,34). The second-order valence-electron chi connectivity index (χ2n) is 8.21. The van der Waals surface area contributed by atoms with Crippen LogP contribution in [0.25, 0.3) is 39.0 Å². The van der Waals surface area contributed by atoms with Gasteiger partial charge >= 0.3 is 5.69 Å². The SMILES string of the molecule is O=c1[nH]cc(O)n1-c1cc(-c2ccc(-c3ccc(OCCCCO)cc3)cc2)nc2ccccc12. The summed E-state index contributed by atoms with van der Waals surface area (Å²) < 4.78 is 6.95. The Labute approximate surface area is 201 Å². The zero-order valence-corrected chi connectivity index (χ0v) is 19.0. The van der Waals surface area contributed by atoms with E-state index in [1.165, 1.54) is 10.8 Å². The average molecular weight is 468 g/mol. The smallest absolute Gasteiger partial charge is 0.333 e. The van der Waals surface area contributed by atoms with E-state index >= 15 is 0 Å². The summed E-state index contributed by atoms with van der Waals surface area (Å²) in [6.45, 7) is 0.767. The molecule has 0 radical (unpaired) electrons. The molecule has 7 nitrogen and oxygen atoms in total. The van der Waals surface area contributed by atoms with Gasteiger partial charge in [0.1, 0.15) is 5.75 Å². The van der Waals surface area contributed by atoms with Crippen molar-refractivity contribution in [2.45, 2.75) is 12.8 Å². The third-order valence-corrected chi connectivity index (χ3v) is 5.88. The normalized spacial score (nSPS) is 11.1. The van der Waals surface area contributed by atoms with Crippen LogP contribution in [0.5, 0.6) is 11.6 Å². The molecule has 2 aromatic heterocycles. The number of nitrogens with one attached hydrogen (secondary N) is 1. The van der Waals surface area contributed by atoms with E-state index < -0.39 is 5.69 Å². The second kappa shape index (κ2) is 9.87. The molecule has 0 saturated heterocycles. The highest BCUT2D eigenvalue weighted by molar-refractivity contribution is 5.90. The molecule has 3 N–H and O–H groups in total. The van der Waals surface area contributed by atoms with Crippen molar-refractivity contribution in [2.24, 2.45) is 0 Å². The average Bonchev–Trinajstić information content (AvgIpc) is 3.24. The first kappa shape index (κ1) is 22.4. The molecule has 2 heterocycles. The monoisotopic (exact) mass is 467 g/mol. The molecule has 0 saturated carbocycles. The van der Waals surface area contributed by atoms with Crippen LogP contribution in [0.3, 0.4) is 0 Å². The zero-order valence-electron chi connectivity index (χ0n) is 19.0. The Morgan fingerprint density at radius 2 is 1.57 bits per heavy atom. The number of unbranched alkanes of at least 4 members (excludes halogenated alkanes) is 1. The topological polar surface area (TPSA) is 100 Å². The summed E-state index contributed by atoms with van der Waals surface area (Å²) in [7, 11) is 0. The molecule has 0 bridgehead atoms. The molecule has 0 atom stereocenters. The quantitative estimate of drug-likeness (QED) is 0.282. The molecule has 0 aliphatic heterocycles. The van der Waals surface area contributed by atoms with Crippen molar-refractivity contribution in [3.63, 3.8) is 0 Å². The highest BCUT2D eigenvalue weighted by atomic mass is 16.5. The van der Waals surface area contributed by atoms with Gasteiger partial charge in [-0.3, -0.25) is 0 Å². The van der Waals surface area contributed by atoms with Crippen LogP contribution in [0.2, 0.25) is 0 Å². The third kappa shape index (κ3) is 4.67. The Balaban J connectivity index is 1.44. The Kier molecular flexibility index (Phi) is 6.32. The van der Waals surface area contributed by atoms with Crippen LogP contribution < -0.4 is 10.4 Å². The van der Waals surface area contributed by atoms with E-state index in [-0.39, 0.29) is 12.5 Å². The molecule has 7 heteroatoms. The van der Waals surface area contributed by atoms with Gasteiger partial charge in [0.2, 0.25) is 5.88 Å². The second-order valence-corrected chi connectivity index (χ2v) is 8.21. The van der Waals surface area contributed by atoms with Gasteiger partial charge in [0.25, 0.3) is 0 Å². The van der Waals surface area contributed by atoms with Crippen molar-refractivity contribution in [1.82, 2.24) is 14.5 Å². The van der Waals surface area contributed by atoms with E-state index in [1.54, 1.807) is 0 Å². The summed E-state index contributed by atoms with van der Waals surface area (Å²) in [5.41, 5.74) is 4.59. The van der Waals surface area contributed by atoms with Gasteiger partial charge < -0.3 is 19.9 Å². The summed E-state index contributed by atoms with van der Waals surface area (Å²) in [6.07, 6.45) is 2.83. The fraction of sp³-hybridized carbons (Fsp3) is 0.143. The molecule has 0 amide bonds. The number of hydrogen-bond acceptors (Lipinski definition) is 5. The summed E-state index contributed by atoms with van der Waals surface area (Å²) in [6, 6.07) is 25.3. The Hall–Kier alpha value is -4.36. The van der Waals surface area contributed by atoms with Gasteiger partial charge in [0.15, 0.2) is 0 Å². The van der Waals surface area contributed by atoms with Crippen LogP contribution in [-0.4, -0.2) is 38.0 Å². The molecular weight excluding hydrogens is 442 g/mol. The Morgan fingerprint density at radius 1 is 0.886 bits per heavy atom. The highest BCUT2D eigenvalue weighted by Crippen LogP contribution is 2.30. The molecule has 0 fully saturated rings. The Bertz CT molecular complexity index is 1500. The van der Waals surface area contributed by atoms with Gasteiger partial charge in [0.05, 0.1) is 29.7 Å². The number of ether oxygens (including phenoxy) is 1. The summed E-state index contributed by atoms with van der Waals surface area (Å²) in [5, 5.41) is 19.9. The maximum atomic E-state index is 12.4. The van der Waals surface area contributed by atoms with Gasteiger partial charge in [-0.05, 0) is 48.2 Å².